The maximum atomic E-state index is 12.7. The summed E-state index contributed by atoms with van der Waals surface area (Å²) in [4.78, 5) is 23.3. The van der Waals surface area contributed by atoms with Gasteiger partial charge in [0.05, 0.1) is 11.0 Å². The molecule has 1 aliphatic heterocycles. The highest BCUT2D eigenvalue weighted by molar-refractivity contribution is 7.09. The van der Waals surface area contributed by atoms with Crippen molar-refractivity contribution in [3.63, 3.8) is 0 Å². The van der Waals surface area contributed by atoms with E-state index in [1.807, 2.05) is 28.6 Å². The lowest BCUT2D eigenvalue weighted by Gasteiger charge is -2.24. The summed E-state index contributed by atoms with van der Waals surface area (Å²) in [5.41, 5.74) is 1.71. The first kappa shape index (κ1) is 14.2. The highest BCUT2D eigenvalue weighted by Crippen LogP contribution is 2.32. The van der Waals surface area contributed by atoms with Gasteiger partial charge in [0.1, 0.15) is 5.69 Å². The first-order chi connectivity index (χ1) is 10.3. The number of rotatable bonds is 4. The minimum Gasteiger partial charge on any atom is -0.330 e. The van der Waals surface area contributed by atoms with E-state index in [1.54, 1.807) is 17.5 Å². The molecule has 1 aliphatic rings. The van der Waals surface area contributed by atoms with Crippen molar-refractivity contribution in [1.82, 2.24) is 14.9 Å². The number of likely N-dealkylation sites (tertiary alicyclic amines) is 1. The van der Waals surface area contributed by atoms with Gasteiger partial charge in [0, 0.05) is 24.3 Å². The minimum atomic E-state index is 0.0555. The molecular weight excluding hydrogens is 282 g/mol. The fourth-order valence-electron chi connectivity index (χ4n) is 2.81. The van der Waals surface area contributed by atoms with Gasteiger partial charge in [0.2, 0.25) is 0 Å². The van der Waals surface area contributed by atoms with Crippen LogP contribution in [0.2, 0.25) is 0 Å². The van der Waals surface area contributed by atoms with E-state index in [0.717, 1.165) is 42.8 Å². The number of thiazole rings is 1. The van der Waals surface area contributed by atoms with Crippen molar-refractivity contribution in [3.05, 3.63) is 46.2 Å². The highest BCUT2D eigenvalue weighted by atomic mass is 32.1. The van der Waals surface area contributed by atoms with Gasteiger partial charge in [0.25, 0.3) is 5.91 Å². The van der Waals surface area contributed by atoms with Crippen LogP contribution >= 0.6 is 11.3 Å². The van der Waals surface area contributed by atoms with Crippen molar-refractivity contribution in [2.75, 3.05) is 6.54 Å². The third kappa shape index (κ3) is 2.97. The Balaban J connectivity index is 1.79. The van der Waals surface area contributed by atoms with E-state index in [4.69, 9.17) is 0 Å². The molecule has 5 heteroatoms. The third-order valence-corrected chi connectivity index (χ3v) is 4.73. The SMILES string of the molecule is CCCc1nc(C(=O)N2CCC[C@@H]2c2cccnc2)cs1. The lowest BCUT2D eigenvalue weighted by molar-refractivity contribution is 0.0730. The van der Waals surface area contributed by atoms with E-state index in [2.05, 4.69) is 16.9 Å². The van der Waals surface area contributed by atoms with Crippen LogP contribution < -0.4 is 0 Å². The van der Waals surface area contributed by atoms with Crippen molar-refractivity contribution < 1.29 is 4.79 Å². The quantitative estimate of drug-likeness (QED) is 0.868. The van der Waals surface area contributed by atoms with Gasteiger partial charge in [-0.25, -0.2) is 4.98 Å². The van der Waals surface area contributed by atoms with Gasteiger partial charge in [-0.3, -0.25) is 9.78 Å². The predicted octanol–water partition coefficient (Wildman–Crippen LogP) is 3.47. The smallest absolute Gasteiger partial charge is 0.273 e. The molecule has 1 saturated heterocycles. The maximum Gasteiger partial charge on any atom is 0.273 e. The van der Waals surface area contributed by atoms with Crippen LogP contribution in [0.4, 0.5) is 0 Å². The minimum absolute atomic E-state index is 0.0555. The van der Waals surface area contributed by atoms with Crippen LogP contribution in [-0.4, -0.2) is 27.3 Å². The van der Waals surface area contributed by atoms with Gasteiger partial charge < -0.3 is 4.90 Å². The average molecular weight is 301 g/mol. The van der Waals surface area contributed by atoms with Crippen molar-refractivity contribution >= 4 is 17.2 Å². The number of carbonyl (C=O) groups excluding carboxylic acids is 1. The fourth-order valence-corrected chi connectivity index (χ4v) is 3.69. The molecule has 3 heterocycles. The number of carbonyl (C=O) groups is 1. The lowest BCUT2D eigenvalue weighted by Crippen LogP contribution is -2.30. The van der Waals surface area contributed by atoms with Crippen LogP contribution in [0.1, 0.15) is 53.3 Å². The van der Waals surface area contributed by atoms with Gasteiger partial charge in [0.15, 0.2) is 0 Å². The molecule has 21 heavy (non-hydrogen) atoms. The molecule has 0 unspecified atom stereocenters. The summed E-state index contributed by atoms with van der Waals surface area (Å²) in [6.07, 6.45) is 7.68. The van der Waals surface area contributed by atoms with Gasteiger partial charge in [-0.1, -0.05) is 13.0 Å². The first-order valence-corrected chi connectivity index (χ1v) is 8.33. The maximum absolute atomic E-state index is 12.7. The Morgan fingerprint density at radius 2 is 2.43 bits per heavy atom. The topological polar surface area (TPSA) is 46.1 Å². The summed E-state index contributed by atoms with van der Waals surface area (Å²) in [5, 5.41) is 2.95. The molecule has 4 nitrogen and oxygen atoms in total. The van der Waals surface area contributed by atoms with Crippen molar-refractivity contribution in [3.8, 4) is 0 Å². The molecule has 0 aliphatic carbocycles. The number of aromatic nitrogens is 2. The van der Waals surface area contributed by atoms with Crippen molar-refractivity contribution in [2.45, 2.75) is 38.6 Å². The Hall–Kier alpha value is -1.75. The van der Waals surface area contributed by atoms with Crippen LogP contribution in [-0.2, 0) is 6.42 Å². The molecule has 0 spiro atoms. The third-order valence-electron chi connectivity index (χ3n) is 3.82. The summed E-state index contributed by atoms with van der Waals surface area (Å²) in [6, 6.07) is 4.12. The molecule has 3 rings (SSSR count). The summed E-state index contributed by atoms with van der Waals surface area (Å²) in [6.45, 7) is 2.93. The zero-order valence-corrected chi connectivity index (χ0v) is 13.0. The van der Waals surface area contributed by atoms with Crippen LogP contribution in [0.5, 0.6) is 0 Å². The van der Waals surface area contributed by atoms with Crippen LogP contribution in [0.15, 0.2) is 29.9 Å². The lowest BCUT2D eigenvalue weighted by atomic mass is 10.1. The molecule has 1 atom stereocenters. The molecule has 2 aromatic rings. The molecule has 0 aromatic carbocycles. The van der Waals surface area contributed by atoms with Crippen molar-refractivity contribution in [1.29, 1.82) is 0 Å². The molecule has 0 radical (unpaired) electrons. The second-order valence-electron chi connectivity index (χ2n) is 5.32. The number of hydrogen-bond acceptors (Lipinski definition) is 4. The van der Waals surface area contributed by atoms with E-state index in [-0.39, 0.29) is 11.9 Å². The van der Waals surface area contributed by atoms with E-state index in [1.165, 1.54) is 0 Å². The van der Waals surface area contributed by atoms with Crippen molar-refractivity contribution in [2.24, 2.45) is 0 Å². The second-order valence-corrected chi connectivity index (χ2v) is 6.26. The number of hydrogen-bond donors (Lipinski definition) is 0. The Labute approximate surface area is 128 Å². The van der Waals surface area contributed by atoms with Gasteiger partial charge in [-0.15, -0.1) is 11.3 Å². The van der Waals surface area contributed by atoms with E-state index in [0.29, 0.717) is 5.69 Å². The summed E-state index contributed by atoms with van der Waals surface area (Å²) < 4.78 is 0. The molecule has 0 N–H and O–H groups in total. The Bertz CT molecular complexity index is 611. The molecular formula is C16H19N3OS. The monoisotopic (exact) mass is 301 g/mol. The predicted molar refractivity (Wildman–Crippen MR) is 83.4 cm³/mol. The molecule has 0 saturated carbocycles. The zero-order valence-electron chi connectivity index (χ0n) is 12.2. The second kappa shape index (κ2) is 6.35. The highest BCUT2D eigenvalue weighted by Gasteiger charge is 2.31. The van der Waals surface area contributed by atoms with Crippen LogP contribution in [0, 0.1) is 0 Å². The molecule has 110 valence electrons. The van der Waals surface area contributed by atoms with E-state index < -0.39 is 0 Å². The van der Waals surface area contributed by atoms with Gasteiger partial charge in [-0.05, 0) is 37.3 Å². The number of pyridine rings is 1. The summed E-state index contributed by atoms with van der Waals surface area (Å²) >= 11 is 1.59. The Kier molecular flexibility index (Phi) is 4.29. The summed E-state index contributed by atoms with van der Waals surface area (Å²) in [7, 11) is 0. The van der Waals surface area contributed by atoms with E-state index in [9.17, 15) is 4.79 Å². The molecule has 2 aromatic heterocycles. The van der Waals surface area contributed by atoms with Gasteiger partial charge >= 0.3 is 0 Å². The van der Waals surface area contributed by atoms with Gasteiger partial charge in [-0.2, -0.15) is 0 Å². The van der Waals surface area contributed by atoms with Crippen LogP contribution in [0.3, 0.4) is 0 Å². The Morgan fingerprint density at radius 1 is 1.52 bits per heavy atom. The van der Waals surface area contributed by atoms with E-state index >= 15 is 0 Å². The number of nitrogens with zero attached hydrogens (tertiary/aromatic N) is 3. The number of aryl methyl sites for hydroxylation is 1. The number of amides is 1. The average Bonchev–Trinajstić information content (AvgIpc) is 3.17. The first-order valence-electron chi connectivity index (χ1n) is 7.45. The zero-order chi connectivity index (χ0) is 14.7. The molecule has 1 fully saturated rings. The van der Waals surface area contributed by atoms with Crippen LogP contribution in [0.25, 0.3) is 0 Å². The largest absolute Gasteiger partial charge is 0.330 e. The standard InChI is InChI=1S/C16H19N3OS/c1-2-5-15-18-13(11-21-15)16(20)19-9-4-7-14(19)12-6-3-8-17-10-12/h3,6,8,10-11,14H,2,4-5,7,9H2,1H3/t14-/m1/s1. The Morgan fingerprint density at radius 3 is 3.19 bits per heavy atom. The fraction of sp³-hybridized carbons (Fsp3) is 0.438. The molecule has 1 amide bonds. The summed E-state index contributed by atoms with van der Waals surface area (Å²) in [5.74, 6) is 0.0555. The molecule has 0 bridgehead atoms. The normalized spacial score (nSPS) is 18.1.